The van der Waals surface area contributed by atoms with Crippen molar-refractivity contribution in [3.63, 3.8) is 0 Å². The molecule has 122 valence electrons. The average Bonchev–Trinajstić information content (AvgIpc) is 2.95. The molecular weight excluding hydrogens is 319 g/mol. The highest BCUT2D eigenvalue weighted by Crippen LogP contribution is 2.35. The Morgan fingerprint density at radius 3 is 2.14 bits per heavy atom. The SMILES string of the molecule is CS(=O)(=O)N1CC2CN(c3ccc(C(F)(F)F)cn3)CC2C1. The van der Waals surface area contributed by atoms with E-state index < -0.39 is 21.8 Å². The van der Waals surface area contributed by atoms with Gasteiger partial charge in [0.2, 0.25) is 10.0 Å². The fourth-order valence-corrected chi connectivity index (χ4v) is 4.07. The molecule has 2 atom stereocenters. The van der Waals surface area contributed by atoms with Crippen molar-refractivity contribution in [1.29, 1.82) is 0 Å². The summed E-state index contributed by atoms with van der Waals surface area (Å²) in [5.41, 5.74) is -0.765. The number of halogens is 3. The summed E-state index contributed by atoms with van der Waals surface area (Å²) < 4.78 is 62.1. The van der Waals surface area contributed by atoms with E-state index in [-0.39, 0.29) is 11.8 Å². The zero-order valence-electron chi connectivity index (χ0n) is 11.9. The summed E-state index contributed by atoms with van der Waals surface area (Å²) in [4.78, 5) is 5.82. The predicted octanol–water partition coefficient (Wildman–Crippen LogP) is 1.43. The van der Waals surface area contributed by atoms with Crippen molar-refractivity contribution in [2.75, 3.05) is 37.3 Å². The van der Waals surface area contributed by atoms with Crippen LogP contribution in [-0.2, 0) is 16.2 Å². The van der Waals surface area contributed by atoms with Gasteiger partial charge in [0.25, 0.3) is 0 Å². The van der Waals surface area contributed by atoms with Crippen molar-refractivity contribution < 1.29 is 21.6 Å². The van der Waals surface area contributed by atoms with Crippen molar-refractivity contribution in [2.45, 2.75) is 6.18 Å². The van der Waals surface area contributed by atoms with Crippen LogP contribution in [0.25, 0.3) is 0 Å². The summed E-state index contributed by atoms with van der Waals surface area (Å²) in [5, 5.41) is 0. The van der Waals surface area contributed by atoms with Crippen LogP contribution in [0.15, 0.2) is 18.3 Å². The van der Waals surface area contributed by atoms with E-state index in [0.29, 0.717) is 32.0 Å². The number of anilines is 1. The number of rotatable bonds is 2. The molecule has 1 aromatic rings. The van der Waals surface area contributed by atoms with Crippen LogP contribution < -0.4 is 4.90 Å². The van der Waals surface area contributed by atoms with Gasteiger partial charge in [-0.1, -0.05) is 0 Å². The fourth-order valence-electron chi connectivity index (χ4n) is 3.15. The third-order valence-electron chi connectivity index (χ3n) is 4.32. The largest absolute Gasteiger partial charge is 0.417 e. The molecule has 22 heavy (non-hydrogen) atoms. The van der Waals surface area contributed by atoms with Gasteiger partial charge in [-0.15, -0.1) is 0 Å². The molecule has 5 nitrogen and oxygen atoms in total. The van der Waals surface area contributed by atoms with E-state index in [9.17, 15) is 21.6 Å². The number of hydrogen-bond acceptors (Lipinski definition) is 4. The van der Waals surface area contributed by atoms with Crippen LogP contribution in [0.2, 0.25) is 0 Å². The monoisotopic (exact) mass is 335 g/mol. The van der Waals surface area contributed by atoms with Crippen LogP contribution in [0.1, 0.15) is 5.56 Å². The van der Waals surface area contributed by atoms with E-state index in [4.69, 9.17) is 0 Å². The van der Waals surface area contributed by atoms with Gasteiger partial charge < -0.3 is 4.90 Å². The predicted molar refractivity (Wildman–Crippen MR) is 74.8 cm³/mol. The Morgan fingerprint density at radius 2 is 1.73 bits per heavy atom. The van der Waals surface area contributed by atoms with Crippen LogP contribution >= 0.6 is 0 Å². The van der Waals surface area contributed by atoms with Gasteiger partial charge in [-0.3, -0.25) is 0 Å². The summed E-state index contributed by atoms with van der Waals surface area (Å²) in [6, 6.07) is 2.40. The molecule has 0 bridgehead atoms. The lowest BCUT2D eigenvalue weighted by Gasteiger charge is -2.21. The number of pyridine rings is 1. The van der Waals surface area contributed by atoms with Gasteiger partial charge in [-0.2, -0.15) is 13.2 Å². The summed E-state index contributed by atoms with van der Waals surface area (Å²) in [6.07, 6.45) is -2.35. The Morgan fingerprint density at radius 1 is 1.14 bits per heavy atom. The first-order valence-corrected chi connectivity index (χ1v) is 8.73. The molecule has 2 aliphatic heterocycles. The van der Waals surface area contributed by atoms with Crippen molar-refractivity contribution in [1.82, 2.24) is 9.29 Å². The first-order valence-electron chi connectivity index (χ1n) is 6.88. The van der Waals surface area contributed by atoms with Gasteiger partial charge in [-0.25, -0.2) is 17.7 Å². The minimum Gasteiger partial charge on any atom is -0.356 e. The Hall–Kier alpha value is -1.35. The maximum absolute atomic E-state index is 12.5. The fraction of sp³-hybridized carbons (Fsp3) is 0.615. The highest BCUT2D eigenvalue weighted by Gasteiger charge is 2.43. The smallest absolute Gasteiger partial charge is 0.356 e. The van der Waals surface area contributed by atoms with E-state index in [1.165, 1.54) is 16.6 Å². The maximum atomic E-state index is 12.5. The topological polar surface area (TPSA) is 53.5 Å². The molecule has 2 aliphatic rings. The molecule has 2 saturated heterocycles. The molecule has 0 aromatic carbocycles. The average molecular weight is 335 g/mol. The number of alkyl halides is 3. The maximum Gasteiger partial charge on any atom is 0.417 e. The standard InChI is InChI=1S/C13H16F3N3O2S/c1-22(20,21)19-7-9-5-18(6-10(9)8-19)12-3-2-11(4-17-12)13(14,15)16/h2-4,9-10H,5-8H2,1H3. The Balaban J connectivity index is 1.68. The summed E-state index contributed by atoms with van der Waals surface area (Å²) in [6.45, 7) is 2.19. The lowest BCUT2D eigenvalue weighted by molar-refractivity contribution is -0.137. The summed E-state index contributed by atoms with van der Waals surface area (Å²) in [7, 11) is -3.17. The van der Waals surface area contributed by atoms with Gasteiger partial charge in [0.1, 0.15) is 5.82 Å². The summed E-state index contributed by atoms with van der Waals surface area (Å²) >= 11 is 0. The molecule has 0 radical (unpaired) electrons. The van der Waals surface area contributed by atoms with Crippen molar-refractivity contribution in [3.05, 3.63) is 23.9 Å². The highest BCUT2D eigenvalue weighted by molar-refractivity contribution is 7.88. The lowest BCUT2D eigenvalue weighted by atomic mass is 10.0. The number of sulfonamides is 1. The van der Waals surface area contributed by atoms with E-state index in [2.05, 4.69) is 4.98 Å². The summed E-state index contributed by atoms with van der Waals surface area (Å²) in [5.74, 6) is 0.922. The van der Waals surface area contributed by atoms with Crippen molar-refractivity contribution in [2.24, 2.45) is 11.8 Å². The van der Waals surface area contributed by atoms with E-state index >= 15 is 0 Å². The van der Waals surface area contributed by atoms with Crippen LogP contribution in [0.4, 0.5) is 19.0 Å². The van der Waals surface area contributed by atoms with Crippen molar-refractivity contribution in [3.8, 4) is 0 Å². The van der Waals surface area contributed by atoms with Crippen LogP contribution in [0.5, 0.6) is 0 Å². The quantitative estimate of drug-likeness (QED) is 0.820. The highest BCUT2D eigenvalue weighted by atomic mass is 32.2. The molecule has 0 aliphatic carbocycles. The number of fused-ring (bicyclic) bond motifs is 1. The molecule has 3 heterocycles. The number of aromatic nitrogens is 1. The molecule has 0 N–H and O–H groups in total. The lowest BCUT2D eigenvalue weighted by Crippen LogP contribution is -2.32. The van der Waals surface area contributed by atoms with E-state index in [0.717, 1.165) is 12.3 Å². The number of hydrogen-bond donors (Lipinski definition) is 0. The van der Waals surface area contributed by atoms with Gasteiger partial charge in [0.15, 0.2) is 0 Å². The first-order chi connectivity index (χ1) is 10.1. The second kappa shape index (κ2) is 5.09. The van der Waals surface area contributed by atoms with Crippen LogP contribution in [0, 0.1) is 11.8 Å². The second-order valence-corrected chi connectivity index (χ2v) is 7.89. The molecule has 2 unspecified atom stereocenters. The molecule has 2 fully saturated rings. The number of nitrogens with zero attached hydrogens (tertiary/aromatic N) is 3. The van der Waals surface area contributed by atoms with Crippen LogP contribution in [-0.4, -0.2) is 50.1 Å². The van der Waals surface area contributed by atoms with Gasteiger partial charge in [0, 0.05) is 32.4 Å². The molecular formula is C13H16F3N3O2S. The zero-order chi connectivity index (χ0) is 16.1. The van der Waals surface area contributed by atoms with Crippen LogP contribution in [0.3, 0.4) is 0 Å². The third kappa shape index (κ3) is 2.91. The Labute approximate surface area is 126 Å². The van der Waals surface area contributed by atoms with E-state index in [1.807, 2.05) is 4.90 Å². The molecule has 0 amide bonds. The molecule has 9 heteroatoms. The van der Waals surface area contributed by atoms with Gasteiger partial charge >= 0.3 is 6.18 Å². The molecule has 1 aromatic heterocycles. The third-order valence-corrected chi connectivity index (χ3v) is 5.56. The minimum atomic E-state index is -4.39. The molecule has 0 spiro atoms. The second-order valence-electron chi connectivity index (χ2n) is 5.91. The Bertz CT molecular complexity index is 646. The van der Waals surface area contributed by atoms with Gasteiger partial charge in [0.05, 0.1) is 11.8 Å². The molecule has 3 rings (SSSR count). The van der Waals surface area contributed by atoms with E-state index in [1.54, 1.807) is 0 Å². The Kier molecular flexibility index (Phi) is 3.59. The minimum absolute atomic E-state index is 0.207. The molecule has 0 saturated carbocycles. The first kappa shape index (κ1) is 15.5. The zero-order valence-corrected chi connectivity index (χ0v) is 12.7. The normalized spacial score (nSPS) is 26.5. The van der Waals surface area contributed by atoms with Crippen molar-refractivity contribution >= 4 is 15.8 Å². The van der Waals surface area contributed by atoms with Gasteiger partial charge in [-0.05, 0) is 24.0 Å².